The first-order valence-electron chi connectivity index (χ1n) is 23.8. The van der Waals surface area contributed by atoms with Crippen molar-refractivity contribution in [3.8, 4) is 29.0 Å². The van der Waals surface area contributed by atoms with Gasteiger partial charge in [-0.3, -0.25) is 9.13 Å². The van der Waals surface area contributed by atoms with Crippen LogP contribution < -0.4 is 20.7 Å². The van der Waals surface area contributed by atoms with Gasteiger partial charge in [0.2, 0.25) is 11.9 Å². The highest BCUT2D eigenvalue weighted by Crippen LogP contribution is 2.36. The summed E-state index contributed by atoms with van der Waals surface area (Å²) in [6.45, 7) is 0. The third kappa shape index (κ3) is 5.95. The van der Waals surface area contributed by atoms with Crippen LogP contribution in [0.2, 0.25) is 0 Å². The zero-order chi connectivity index (χ0) is 46.2. The van der Waals surface area contributed by atoms with E-state index in [1.165, 1.54) is 42.6 Å². The first kappa shape index (κ1) is 39.9. The molecular formula is C63H42N6Si. The summed E-state index contributed by atoms with van der Waals surface area (Å²) in [6, 6.07) is 92.2. The van der Waals surface area contributed by atoms with E-state index in [1.807, 2.05) is 0 Å². The molecule has 7 heteroatoms. The fourth-order valence-electron chi connectivity index (χ4n) is 11.4. The molecule has 6 nitrogen and oxygen atoms in total. The van der Waals surface area contributed by atoms with Crippen molar-refractivity contribution in [2.45, 2.75) is 0 Å². The second-order valence-corrected chi connectivity index (χ2v) is 21.7. The Labute approximate surface area is 404 Å². The third-order valence-electron chi connectivity index (χ3n) is 14.3. The van der Waals surface area contributed by atoms with Crippen LogP contribution in [0.5, 0.6) is 0 Å². The van der Waals surface area contributed by atoms with Crippen LogP contribution in [0.1, 0.15) is 0 Å². The monoisotopic (exact) mass is 910 g/mol. The number of benzene rings is 10. The van der Waals surface area contributed by atoms with E-state index in [9.17, 15) is 0 Å². The van der Waals surface area contributed by atoms with Gasteiger partial charge >= 0.3 is 0 Å². The lowest BCUT2D eigenvalue weighted by molar-refractivity contribution is 0.893. The molecule has 0 saturated carbocycles. The molecule has 328 valence electrons. The molecule has 0 amide bonds. The highest BCUT2D eigenvalue weighted by Gasteiger charge is 2.44. The molecule has 14 aromatic rings. The lowest BCUT2D eigenvalue weighted by Gasteiger charge is -2.35. The van der Waals surface area contributed by atoms with Gasteiger partial charge in [-0.05, 0) is 63.2 Å². The minimum absolute atomic E-state index is 0.552. The van der Waals surface area contributed by atoms with Crippen LogP contribution in [-0.4, -0.2) is 36.7 Å². The highest BCUT2D eigenvalue weighted by atomic mass is 28.3. The number of hydrogen-bond acceptors (Lipinski definition) is 3. The molecule has 0 bridgehead atoms. The minimum atomic E-state index is -3.24. The maximum atomic E-state index is 5.53. The van der Waals surface area contributed by atoms with Crippen molar-refractivity contribution in [1.82, 2.24) is 28.7 Å². The van der Waals surface area contributed by atoms with Crippen molar-refractivity contribution in [2.24, 2.45) is 0 Å². The van der Waals surface area contributed by atoms with E-state index >= 15 is 0 Å². The summed E-state index contributed by atoms with van der Waals surface area (Å²) in [6.07, 6.45) is 0. The van der Waals surface area contributed by atoms with Crippen molar-refractivity contribution in [1.29, 1.82) is 0 Å². The summed E-state index contributed by atoms with van der Waals surface area (Å²) in [7, 11) is -3.24. The zero-order valence-electron chi connectivity index (χ0n) is 37.9. The minimum Gasteiger partial charge on any atom is -0.309 e. The quantitative estimate of drug-likeness (QED) is 0.113. The molecule has 0 aliphatic heterocycles. The number of rotatable bonds is 8. The molecule has 0 unspecified atom stereocenters. The molecule has 14 rings (SSSR count). The van der Waals surface area contributed by atoms with E-state index in [4.69, 9.17) is 15.0 Å². The van der Waals surface area contributed by atoms with Gasteiger partial charge < -0.3 is 4.57 Å². The Bertz CT molecular complexity index is 4030. The second-order valence-electron chi connectivity index (χ2n) is 18.0. The Balaban J connectivity index is 1.09. The SMILES string of the molecule is c1ccc(-n2c3ccccc3c3cccc([Si](c4ccccc4)(c4ccccc4)c4cccc(-c5nc(-n6c7ccccc7c7ccccc76)nc(-n6c7ccccc7c7ccccc76)n5)c4)c32)cc1. The number of hydrogen-bond donors (Lipinski definition) is 0. The molecule has 70 heavy (non-hydrogen) atoms. The summed E-state index contributed by atoms with van der Waals surface area (Å²) >= 11 is 0. The van der Waals surface area contributed by atoms with Crippen LogP contribution in [0.25, 0.3) is 94.4 Å². The van der Waals surface area contributed by atoms with Crippen LogP contribution in [0.15, 0.2) is 255 Å². The van der Waals surface area contributed by atoms with E-state index in [2.05, 4.69) is 268 Å². The summed E-state index contributed by atoms with van der Waals surface area (Å²) in [5.74, 6) is 1.69. The van der Waals surface area contributed by atoms with E-state index in [1.54, 1.807) is 0 Å². The normalized spacial score (nSPS) is 12.0. The standard InChI is InChI=1S/C63H42N6Si/c1-4-23-44(24-5-1)67-54-36-15-14-34-52(54)53-35-21-41-59(60(53)67)70(45-25-6-2-7-26-45,46-27-8-3-9-28-46)47-29-20-22-43(42-47)61-64-62(68-55-37-16-10-30-48(55)49-31-11-17-38-56(49)68)66-63(65-61)69-57-39-18-12-32-50(57)51-33-13-19-40-58(51)69/h1-42H. The molecule has 10 aromatic carbocycles. The van der Waals surface area contributed by atoms with Crippen molar-refractivity contribution in [3.05, 3.63) is 255 Å². The molecule has 4 heterocycles. The molecule has 0 N–H and O–H groups in total. The van der Waals surface area contributed by atoms with E-state index in [0.29, 0.717) is 17.7 Å². The van der Waals surface area contributed by atoms with Crippen LogP contribution in [0, 0.1) is 0 Å². The van der Waals surface area contributed by atoms with Gasteiger partial charge in [-0.25, -0.2) is 0 Å². The summed E-state index contributed by atoms with van der Waals surface area (Å²) < 4.78 is 6.89. The van der Waals surface area contributed by atoms with Crippen LogP contribution in [0.3, 0.4) is 0 Å². The Morgan fingerprint density at radius 2 is 0.657 bits per heavy atom. The van der Waals surface area contributed by atoms with Gasteiger partial charge in [0, 0.05) is 43.6 Å². The topological polar surface area (TPSA) is 53.5 Å². The maximum absolute atomic E-state index is 5.53. The van der Waals surface area contributed by atoms with Crippen LogP contribution >= 0.6 is 0 Å². The van der Waals surface area contributed by atoms with Crippen molar-refractivity contribution in [3.63, 3.8) is 0 Å². The van der Waals surface area contributed by atoms with E-state index in [0.717, 1.165) is 54.9 Å². The van der Waals surface area contributed by atoms with Gasteiger partial charge in [0.15, 0.2) is 13.9 Å². The number of aromatic nitrogens is 6. The number of fused-ring (bicyclic) bond motifs is 9. The molecule has 0 saturated heterocycles. The van der Waals surface area contributed by atoms with Gasteiger partial charge in [0.25, 0.3) is 0 Å². The van der Waals surface area contributed by atoms with Gasteiger partial charge in [-0.15, -0.1) is 0 Å². The van der Waals surface area contributed by atoms with E-state index in [-0.39, 0.29) is 0 Å². The number of para-hydroxylation sites is 7. The third-order valence-corrected chi connectivity index (χ3v) is 19.0. The Kier molecular flexibility index (Phi) is 9.12. The lowest BCUT2D eigenvalue weighted by Crippen LogP contribution is -2.75. The second kappa shape index (κ2) is 16.0. The molecule has 0 atom stereocenters. The molecule has 0 radical (unpaired) electrons. The zero-order valence-corrected chi connectivity index (χ0v) is 38.9. The summed E-state index contributed by atoms with van der Waals surface area (Å²) in [5, 5.41) is 12.1. The van der Waals surface area contributed by atoms with Crippen molar-refractivity contribution < 1.29 is 0 Å². The largest absolute Gasteiger partial charge is 0.309 e. The average Bonchev–Trinajstić information content (AvgIpc) is 4.08. The molecule has 0 spiro atoms. The van der Waals surface area contributed by atoms with Gasteiger partial charge in [-0.2, -0.15) is 15.0 Å². The summed E-state index contributed by atoms with van der Waals surface area (Å²) in [5.41, 5.74) is 8.54. The fourth-order valence-corrected chi connectivity index (χ4v) is 16.3. The molecule has 0 aliphatic carbocycles. The number of nitrogens with zero attached hydrogens (tertiary/aromatic N) is 6. The Hall–Kier alpha value is -9.17. The smallest absolute Gasteiger partial charge is 0.240 e. The average molecular weight is 911 g/mol. The Morgan fingerprint density at radius 3 is 1.14 bits per heavy atom. The molecule has 0 fully saturated rings. The Morgan fingerprint density at radius 1 is 0.286 bits per heavy atom. The van der Waals surface area contributed by atoms with E-state index < -0.39 is 8.07 Å². The van der Waals surface area contributed by atoms with Crippen LogP contribution in [0.4, 0.5) is 0 Å². The maximum Gasteiger partial charge on any atom is 0.240 e. The molecule has 0 aliphatic rings. The van der Waals surface area contributed by atoms with Gasteiger partial charge in [-0.1, -0.05) is 212 Å². The first-order valence-corrected chi connectivity index (χ1v) is 25.8. The first-order chi connectivity index (χ1) is 34.8. The van der Waals surface area contributed by atoms with Crippen LogP contribution in [-0.2, 0) is 0 Å². The highest BCUT2D eigenvalue weighted by molar-refractivity contribution is 7.20. The summed E-state index contributed by atoms with van der Waals surface area (Å²) in [4.78, 5) is 16.5. The molecular weight excluding hydrogens is 869 g/mol. The van der Waals surface area contributed by atoms with Gasteiger partial charge in [0.1, 0.15) is 0 Å². The predicted molar refractivity (Wildman–Crippen MR) is 292 cm³/mol. The molecule has 4 aromatic heterocycles. The van der Waals surface area contributed by atoms with Gasteiger partial charge in [0.05, 0.1) is 33.1 Å². The lowest BCUT2D eigenvalue weighted by atomic mass is 10.1. The predicted octanol–water partition coefficient (Wildman–Crippen LogP) is 12.2. The van der Waals surface area contributed by atoms with Crippen molar-refractivity contribution >= 4 is 94.2 Å². The van der Waals surface area contributed by atoms with Crippen molar-refractivity contribution in [2.75, 3.05) is 0 Å². The fraction of sp³-hybridized carbons (Fsp3) is 0.